The van der Waals surface area contributed by atoms with Gasteiger partial charge in [-0.05, 0) is 19.3 Å². The largest absolute Gasteiger partial charge is 0.440 e. The van der Waals surface area contributed by atoms with Crippen molar-refractivity contribution in [2.45, 2.75) is 71.6 Å². The molecule has 0 aliphatic carbocycles. The number of hydrogen-bond acceptors (Lipinski definition) is 5. The summed E-state index contributed by atoms with van der Waals surface area (Å²) in [6, 6.07) is 3.80. The van der Waals surface area contributed by atoms with Gasteiger partial charge in [0.2, 0.25) is 5.88 Å². The summed E-state index contributed by atoms with van der Waals surface area (Å²) in [7, 11) is 0. The zero-order valence-corrected chi connectivity index (χ0v) is 15.4. The maximum Gasteiger partial charge on any atom is 0.343 e. The molecule has 0 radical (unpaired) electrons. The Bertz CT molecular complexity index is 727. The molecule has 2 rings (SSSR count). The minimum absolute atomic E-state index is 0.0970. The van der Waals surface area contributed by atoms with Crippen LogP contribution in [0.15, 0.2) is 26.7 Å². The number of aryl methyl sites for hydroxylation is 1. The fourth-order valence-corrected chi connectivity index (χ4v) is 3.54. The standard InChI is InChI=1S/C20H28N2O3/c1-4-5-6-7-8-9-10-13(2)17-15(12-21)19(22)25-16-11-14(3)24-20(23)18(16)17/h11,13,17H,4-10,22H2,1-3H3/t13-,17-/m1/s1. The molecular formula is C20H28N2O3. The van der Waals surface area contributed by atoms with Gasteiger partial charge in [-0.2, -0.15) is 5.26 Å². The predicted octanol–water partition coefficient (Wildman–Crippen LogP) is 4.50. The minimum atomic E-state index is -0.435. The fraction of sp³-hybridized carbons (Fsp3) is 0.600. The smallest absolute Gasteiger partial charge is 0.343 e. The van der Waals surface area contributed by atoms with Gasteiger partial charge in [0.15, 0.2) is 0 Å². The molecule has 0 spiro atoms. The van der Waals surface area contributed by atoms with Gasteiger partial charge in [0, 0.05) is 12.0 Å². The second-order valence-corrected chi connectivity index (χ2v) is 6.93. The van der Waals surface area contributed by atoms with Crippen molar-refractivity contribution in [1.29, 1.82) is 5.26 Å². The first kappa shape index (κ1) is 19.1. The lowest BCUT2D eigenvalue weighted by molar-refractivity contribution is 0.335. The molecule has 0 aromatic carbocycles. The van der Waals surface area contributed by atoms with E-state index in [4.69, 9.17) is 14.9 Å². The molecule has 1 aromatic rings. The monoisotopic (exact) mass is 344 g/mol. The molecular weight excluding hydrogens is 316 g/mol. The maximum absolute atomic E-state index is 12.4. The first-order valence-corrected chi connectivity index (χ1v) is 9.21. The average molecular weight is 344 g/mol. The summed E-state index contributed by atoms with van der Waals surface area (Å²) < 4.78 is 10.8. The first-order valence-electron chi connectivity index (χ1n) is 9.21. The van der Waals surface area contributed by atoms with Crippen LogP contribution in [0.25, 0.3) is 0 Å². The molecule has 5 nitrogen and oxygen atoms in total. The molecule has 2 N–H and O–H groups in total. The van der Waals surface area contributed by atoms with Crippen LogP contribution < -0.4 is 16.1 Å². The van der Waals surface area contributed by atoms with Crippen LogP contribution in [0.5, 0.6) is 5.75 Å². The SMILES string of the molecule is CCCCCCCC[C@@H](C)[C@@H]1C(C#N)=C(N)Oc2cc(C)oc(=O)c21. The van der Waals surface area contributed by atoms with E-state index in [-0.39, 0.29) is 17.7 Å². The van der Waals surface area contributed by atoms with E-state index in [2.05, 4.69) is 19.9 Å². The highest BCUT2D eigenvalue weighted by Gasteiger charge is 2.36. The molecule has 136 valence electrons. The number of hydrogen-bond donors (Lipinski definition) is 1. The van der Waals surface area contributed by atoms with E-state index >= 15 is 0 Å². The number of nitrogens with zero attached hydrogens (tertiary/aromatic N) is 1. The zero-order valence-electron chi connectivity index (χ0n) is 15.4. The molecule has 5 heteroatoms. The van der Waals surface area contributed by atoms with Crippen molar-refractivity contribution in [3.8, 4) is 11.8 Å². The van der Waals surface area contributed by atoms with Crippen LogP contribution in [-0.4, -0.2) is 0 Å². The van der Waals surface area contributed by atoms with Crippen molar-refractivity contribution in [3.63, 3.8) is 0 Å². The molecule has 0 unspecified atom stereocenters. The van der Waals surface area contributed by atoms with E-state index < -0.39 is 5.63 Å². The van der Waals surface area contributed by atoms with Crippen LogP contribution in [0.3, 0.4) is 0 Å². The Morgan fingerprint density at radius 1 is 1.28 bits per heavy atom. The van der Waals surface area contributed by atoms with Gasteiger partial charge in [-0.3, -0.25) is 0 Å². The summed E-state index contributed by atoms with van der Waals surface area (Å²) in [6.45, 7) is 5.97. The van der Waals surface area contributed by atoms with Gasteiger partial charge >= 0.3 is 5.63 Å². The van der Waals surface area contributed by atoms with E-state index in [0.29, 0.717) is 22.6 Å². The summed E-state index contributed by atoms with van der Waals surface area (Å²) >= 11 is 0. The molecule has 0 bridgehead atoms. The first-order chi connectivity index (χ1) is 12.0. The molecule has 1 aromatic heterocycles. The van der Waals surface area contributed by atoms with Crippen molar-refractivity contribution >= 4 is 0 Å². The average Bonchev–Trinajstić information content (AvgIpc) is 2.56. The van der Waals surface area contributed by atoms with Crippen molar-refractivity contribution < 1.29 is 9.15 Å². The molecule has 0 amide bonds. The Labute approximate surface area is 149 Å². The fourth-order valence-electron chi connectivity index (χ4n) is 3.54. The Kier molecular flexibility index (Phi) is 6.69. The van der Waals surface area contributed by atoms with Crippen molar-refractivity contribution in [2.24, 2.45) is 11.7 Å². The Morgan fingerprint density at radius 3 is 2.64 bits per heavy atom. The summed E-state index contributed by atoms with van der Waals surface area (Å²) in [6.07, 6.45) is 8.19. The number of fused-ring (bicyclic) bond motifs is 1. The lowest BCUT2D eigenvalue weighted by Gasteiger charge is -2.29. The summed E-state index contributed by atoms with van der Waals surface area (Å²) in [5, 5.41) is 9.52. The van der Waals surface area contributed by atoms with E-state index in [0.717, 1.165) is 12.8 Å². The molecule has 0 saturated heterocycles. The van der Waals surface area contributed by atoms with Gasteiger partial charge in [-0.1, -0.05) is 52.4 Å². The number of nitriles is 1. The molecule has 1 aliphatic rings. The number of unbranched alkanes of at least 4 members (excludes halogenated alkanes) is 5. The van der Waals surface area contributed by atoms with Crippen LogP contribution in [0.4, 0.5) is 0 Å². The summed E-state index contributed by atoms with van der Waals surface area (Å²) in [4.78, 5) is 12.4. The molecule has 0 saturated carbocycles. The zero-order chi connectivity index (χ0) is 18.4. The number of rotatable bonds is 8. The van der Waals surface area contributed by atoms with Crippen molar-refractivity contribution in [3.05, 3.63) is 39.3 Å². The van der Waals surface area contributed by atoms with Gasteiger partial charge < -0.3 is 14.9 Å². The number of nitrogens with two attached hydrogens (primary N) is 1. The van der Waals surface area contributed by atoms with Gasteiger partial charge in [-0.15, -0.1) is 0 Å². The third kappa shape index (κ3) is 4.45. The van der Waals surface area contributed by atoms with Crippen LogP contribution in [0.1, 0.15) is 76.0 Å². The van der Waals surface area contributed by atoms with Crippen molar-refractivity contribution in [2.75, 3.05) is 0 Å². The van der Waals surface area contributed by atoms with E-state index in [1.54, 1.807) is 13.0 Å². The van der Waals surface area contributed by atoms with Gasteiger partial charge in [0.1, 0.15) is 17.6 Å². The number of ether oxygens (including phenoxy) is 1. The Hall–Kier alpha value is -2.22. The second-order valence-electron chi connectivity index (χ2n) is 6.93. The predicted molar refractivity (Wildman–Crippen MR) is 97.1 cm³/mol. The topological polar surface area (TPSA) is 89.2 Å². The Morgan fingerprint density at radius 2 is 1.96 bits per heavy atom. The van der Waals surface area contributed by atoms with E-state index in [1.807, 2.05) is 0 Å². The summed E-state index contributed by atoms with van der Waals surface area (Å²) in [5.41, 5.74) is 6.27. The molecule has 2 heterocycles. The van der Waals surface area contributed by atoms with Crippen LogP contribution >= 0.6 is 0 Å². The van der Waals surface area contributed by atoms with Crippen molar-refractivity contribution in [1.82, 2.24) is 0 Å². The summed E-state index contributed by atoms with van der Waals surface area (Å²) in [5.74, 6) is 0.748. The third-order valence-corrected chi connectivity index (χ3v) is 4.88. The molecule has 0 fully saturated rings. The normalized spacial score (nSPS) is 17.6. The highest BCUT2D eigenvalue weighted by Crippen LogP contribution is 2.42. The molecule has 25 heavy (non-hydrogen) atoms. The highest BCUT2D eigenvalue weighted by atomic mass is 16.5. The quantitative estimate of drug-likeness (QED) is 0.701. The van der Waals surface area contributed by atoms with E-state index in [1.165, 1.54) is 32.1 Å². The van der Waals surface area contributed by atoms with Gasteiger partial charge in [0.05, 0.1) is 11.1 Å². The van der Waals surface area contributed by atoms with E-state index in [9.17, 15) is 10.1 Å². The lowest BCUT2D eigenvalue weighted by atomic mass is 9.78. The maximum atomic E-state index is 12.4. The minimum Gasteiger partial charge on any atom is -0.440 e. The van der Waals surface area contributed by atoms with Crippen LogP contribution in [0.2, 0.25) is 0 Å². The lowest BCUT2D eigenvalue weighted by Crippen LogP contribution is -2.29. The molecule has 2 atom stereocenters. The second kappa shape index (κ2) is 8.75. The molecule has 1 aliphatic heterocycles. The third-order valence-electron chi connectivity index (χ3n) is 4.88. The van der Waals surface area contributed by atoms with Crippen LogP contribution in [-0.2, 0) is 0 Å². The number of allylic oxidation sites excluding steroid dienone is 1. The highest BCUT2D eigenvalue weighted by molar-refractivity contribution is 5.48. The van der Waals surface area contributed by atoms with Gasteiger partial charge in [-0.25, -0.2) is 4.79 Å². The Balaban J connectivity index is 2.17. The van der Waals surface area contributed by atoms with Gasteiger partial charge in [0.25, 0.3) is 0 Å². The van der Waals surface area contributed by atoms with Crippen LogP contribution in [0, 0.1) is 24.2 Å².